The number of hydrogen-bond donors (Lipinski definition) is 1. The number of ether oxygens (including phenoxy) is 1. The summed E-state index contributed by atoms with van der Waals surface area (Å²) < 4.78 is 32.5. The second-order valence-corrected chi connectivity index (χ2v) is 10.3. The fourth-order valence-corrected chi connectivity index (χ4v) is 4.96. The number of anilines is 1. The Hall–Kier alpha value is -2.62. The molecule has 0 bridgehead atoms. The van der Waals surface area contributed by atoms with Crippen molar-refractivity contribution in [2.24, 2.45) is 0 Å². The fraction of sp³-hybridized carbons (Fsp3) is 0.458. The Morgan fingerprint density at radius 3 is 2.42 bits per heavy atom. The molecule has 1 aliphatic rings. The van der Waals surface area contributed by atoms with Crippen molar-refractivity contribution in [3.8, 4) is 5.75 Å². The highest BCUT2D eigenvalue weighted by Gasteiger charge is 2.22. The first-order valence-electron chi connectivity index (χ1n) is 11.2. The van der Waals surface area contributed by atoms with E-state index in [9.17, 15) is 13.2 Å². The standard InChI is InChI=1S/C24H34N4O4S/c1-26-15-17-28(18-16-26)14-5-4-13-25-24(29)20-7-6-8-23(19-20)33(30,31)27(2)21-9-11-22(32-3)12-10-21/h6-12,19H,4-5,13-18H2,1-3H3,(H,25,29). The Morgan fingerprint density at radius 2 is 1.76 bits per heavy atom. The van der Waals surface area contributed by atoms with Crippen LogP contribution in [0.1, 0.15) is 23.2 Å². The third kappa shape index (κ3) is 6.69. The summed E-state index contributed by atoms with van der Waals surface area (Å²) in [6, 6.07) is 12.9. The lowest BCUT2D eigenvalue weighted by Gasteiger charge is -2.32. The van der Waals surface area contributed by atoms with Crippen LogP contribution in [-0.2, 0) is 10.0 Å². The minimum absolute atomic E-state index is 0.0727. The zero-order chi connectivity index (χ0) is 23.8. The number of carbonyl (C=O) groups excluding carboxylic acids is 1. The minimum atomic E-state index is -3.81. The van der Waals surface area contributed by atoms with Gasteiger partial charge < -0.3 is 19.9 Å². The van der Waals surface area contributed by atoms with Gasteiger partial charge in [0.2, 0.25) is 0 Å². The molecule has 0 atom stereocenters. The molecule has 33 heavy (non-hydrogen) atoms. The molecule has 1 fully saturated rings. The van der Waals surface area contributed by atoms with E-state index in [-0.39, 0.29) is 10.8 Å². The van der Waals surface area contributed by atoms with Crippen LogP contribution in [0.15, 0.2) is 53.4 Å². The van der Waals surface area contributed by atoms with Gasteiger partial charge in [-0.2, -0.15) is 0 Å². The molecule has 2 aromatic rings. The molecule has 1 N–H and O–H groups in total. The Labute approximate surface area is 197 Å². The molecule has 0 saturated carbocycles. The normalized spacial score (nSPS) is 15.2. The fourth-order valence-electron chi connectivity index (χ4n) is 3.72. The van der Waals surface area contributed by atoms with Crippen LogP contribution in [0.4, 0.5) is 5.69 Å². The summed E-state index contributed by atoms with van der Waals surface area (Å²) in [5.74, 6) is 0.380. The summed E-state index contributed by atoms with van der Waals surface area (Å²) in [5, 5.41) is 2.91. The summed E-state index contributed by atoms with van der Waals surface area (Å²) in [6.07, 6.45) is 1.90. The zero-order valence-electron chi connectivity index (χ0n) is 19.7. The van der Waals surface area contributed by atoms with Gasteiger partial charge in [0.1, 0.15) is 5.75 Å². The molecule has 9 heteroatoms. The summed E-state index contributed by atoms with van der Waals surface area (Å²) >= 11 is 0. The number of likely N-dealkylation sites (N-methyl/N-ethyl adjacent to an activating group) is 1. The van der Waals surface area contributed by atoms with E-state index in [2.05, 4.69) is 22.2 Å². The maximum atomic E-state index is 13.1. The molecule has 8 nitrogen and oxygen atoms in total. The van der Waals surface area contributed by atoms with Gasteiger partial charge in [0.25, 0.3) is 15.9 Å². The zero-order valence-corrected chi connectivity index (χ0v) is 20.5. The van der Waals surface area contributed by atoms with Crippen LogP contribution in [0.2, 0.25) is 0 Å². The van der Waals surface area contributed by atoms with E-state index >= 15 is 0 Å². The van der Waals surface area contributed by atoms with E-state index in [0.29, 0.717) is 23.5 Å². The van der Waals surface area contributed by atoms with Crippen molar-refractivity contribution < 1.29 is 17.9 Å². The lowest BCUT2D eigenvalue weighted by molar-refractivity contribution is 0.0951. The molecular formula is C24H34N4O4S. The molecule has 180 valence electrons. The topological polar surface area (TPSA) is 82.2 Å². The third-order valence-corrected chi connectivity index (χ3v) is 7.75. The van der Waals surface area contributed by atoms with Gasteiger partial charge in [-0.05, 0) is 68.9 Å². The number of piperazine rings is 1. The van der Waals surface area contributed by atoms with Crippen LogP contribution in [0.5, 0.6) is 5.75 Å². The van der Waals surface area contributed by atoms with Crippen molar-refractivity contribution >= 4 is 21.6 Å². The number of nitrogens with one attached hydrogen (secondary N) is 1. The van der Waals surface area contributed by atoms with Crippen molar-refractivity contribution in [1.29, 1.82) is 0 Å². The van der Waals surface area contributed by atoms with Gasteiger partial charge in [0.15, 0.2) is 0 Å². The van der Waals surface area contributed by atoms with E-state index in [1.165, 1.54) is 23.5 Å². The first-order valence-corrected chi connectivity index (χ1v) is 12.7. The van der Waals surface area contributed by atoms with Gasteiger partial charge in [-0.1, -0.05) is 6.07 Å². The van der Waals surface area contributed by atoms with Crippen molar-refractivity contribution in [2.45, 2.75) is 17.7 Å². The van der Waals surface area contributed by atoms with E-state index in [0.717, 1.165) is 45.6 Å². The first-order chi connectivity index (χ1) is 15.8. The van der Waals surface area contributed by atoms with Gasteiger partial charge in [-0.3, -0.25) is 9.10 Å². The van der Waals surface area contributed by atoms with Crippen molar-refractivity contribution in [1.82, 2.24) is 15.1 Å². The van der Waals surface area contributed by atoms with E-state index in [1.807, 2.05) is 0 Å². The average Bonchev–Trinajstić information content (AvgIpc) is 2.84. The molecule has 0 aromatic heterocycles. The number of methoxy groups -OCH3 is 1. The highest BCUT2D eigenvalue weighted by atomic mass is 32.2. The third-order valence-electron chi connectivity index (χ3n) is 5.97. The largest absolute Gasteiger partial charge is 0.497 e. The van der Waals surface area contributed by atoms with Gasteiger partial charge in [0.05, 0.1) is 17.7 Å². The molecule has 1 saturated heterocycles. The quantitative estimate of drug-likeness (QED) is 0.532. The van der Waals surface area contributed by atoms with Crippen LogP contribution in [-0.4, -0.2) is 84.6 Å². The molecule has 2 aromatic carbocycles. The Kier molecular flexibility index (Phi) is 8.71. The number of benzene rings is 2. The second-order valence-electron chi connectivity index (χ2n) is 8.31. The van der Waals surface area contributed by atoms with E-state index in [1.54, 1.807) is 43.5 Å². The molecule has 0 aliphatic carbocycles. The van der Waals surface area contributed by atoms with Gasteiger partial charge in [0, 0.05) is 45.3 Å². The van der Waals surface area contributed by atoms with Crippen molar-refractivity contribution in [3.63, 3.8) is 0 Å². The number of unbranched alkanes of at least 4 members (excludes halogenated alkanes) is 1. The van der Waals surface area contributed by atoms with Crippen LogP contribution >= 0.6 is 0 Å². The average molecular weight is 475 g/mol. The number of amides is 1. The lowest BCUT2D eigenvalue weighted by Crippen LogP contribution is -2.44. The number of rotatable bonds is 10. The molecule has 1 heterocycles. The predicted octanol–water partition coefficient (Wildman–Crippen LogP) is 2.28. The monoisotopic (exact) mass is 474 g/mol. The van der Waals surface area contributed by atoms with Crippen LogP contribution < -0.4 is 14.4 Å². The van der Waals surface area contributed by atoms with Crippen LogP contribution in [0.3, 0.4) is 0 Å². The summed E-state index contributed by atoms with van der Waals surface area (Å²) in [6.45, 7) is 5.99. The maximum Gasteiger partial charge on any atom is 0.264 e. The Morgan fingerprint density at radius 1 is 1.06 bits per heavy atom. The van der Waals surface area contributed by atoms with E-state index < -0.39 is 10.0 Å². The van der Waals surface area contributed by atoms with Gasteiger partial charge >= 0.3 is 0 Å². The molecule has 1 aliphatic heterocycles. The van der Waals surface area contributed by atoms with Crippen molar-refractivity contribution in [3.05, 3.63) is 54.1 Å². The summed E-state index contributed by atoms with van der Waals surface area (Å²) in [5.41, 5.74) is 0.837. The predicted molar refractivity (Wildman–Crippen MR) is 131 cm³/mol. The number of nitrogens with zero attached hydrogens (tertiary/aromatic N) is 3. The first kappa shape index (κ1) is 25.0. The highest BCUT2D eigenvalue weighted by molar-refractivity contribution is 7.92. The van der Waals surface area contributed by atoms with Gasteiger partial charge in [-0.15, -0.1) is 0 Å². The minimum Gasteiger partial charge on any atom is -0.497 e. The number of sulfonamides is 1. The molecule has 1 amide bonds. The summed E-state index contributed by atoms with van der Waals surface area (Å²) in [4.78, 5) is 17.4. The van der Waals surface area contributed by atoms with Crippen LogP contribution in [0, 0.1) is 0 Å². The Bertz CT molecular complexity index is 1020. The van der Waals surface area contributed by atoms with E-state index in [4.69, 9.17) is 4.74 Å². The lowest BCUT2D eigenvalue weighted by atomic mass is 10.2. The van der Waals surface area contributed by atoms with Crippen molar-refractivity contribution in [2.75, 3.05) is 64.8 Å². The maximum absolute atomic E-state index is 13.1. The molecule has 3 rings (SSSR count). The smallest absolute Gasteiger partial charge is 0.264 e. The second kappa shape index (κ2) is 11.5. The number of hydrogen-bond acceptors (Lipinski definition) is 6. The summed E-state index contributed by atoms with van der Waals surface area (Å²) in [7, 11) is 1.38. The SMILES string of the molecule is COc1ccc(N(C)S(=O)(=O)c2cccc(C(=O)NCCCCN3CCN(C)CC3)c2)cc1. The molecule has 0 radical (unpaired) electrons. The molecule has 0 spiro atoms. The molecular weight excluding hydrogens is 440 g/mol. The van der Waals surface area contributed by atoms with Crippen LogP contribution in [0.25, 0.3) is 0 Å². The van der Waals surface area contributed by atoms with Gasteiger partial charge in [-0.25, -0.2) is 8.42 Å². The molecule has 0 unspecified atom stereocenters. The highest BCUT2D eigenvalue weighted by Crippen LogP contribution is 2.24. The Balaban J connectivity index is 1.53. The number of carbonyl (C=O) groups is 1.